The van der Waals surface area contributed by atoms with Gasteiger partial charge in [0.2, 0.25) is 0 Å². The zero-order chi connectivity index (χ0) is 13.2. The van der Waals surface area contributed by atoms with E-state index in [9.17, 15) is 0 Å². The van der Waals surface area contributed by atoms with Crippen LogP contribution in [0.25, 0.3) is 0 Å². The van der Waals surface area contributed by atoms with E-state index in [2.05, 4.69) is 46.8 Å². The molecule has 0 saturated heterocycles. The number of amidine groups is 2. The van der Waals surface area contributed by atoms with Crippen molar-refractivity contribution < 1.29 is 4.94 Å². The maximum Gasteiger partial charge on any atom is 0.197 e. The van der Waals surface area contributed by atoms with Crippen LogP contribution in [0.2, 0.25) is 0 Å². The van der Waals surface area contributed by atoms with Crippen molar-refractivity contribution in [1.29, 1.82) is 0 Å². The average Bonchev–Trinajstić information content (AvgIpc) is 2.83. The molecule has 0 unspecified atom stereocenters. The standard InChI is InChI=1S/C10H10N8O/c1-3-7-11-13-9(5-1)15-17-19-18-16-10-6-2-4-8-12-14-10/h1-8,11-12H. The van der Waals surface area contributed by atoms with Crippen molar-refractivity contribution >= 4 is 11.7 Å². The van der Waals surface area contributed by atoms with Crippen LogP contribution in [-0.2, 0) is 4.94 Å². The monoisotopic (exact) mass is 258 g/mol. The summed E-state index contributed by atoms with van der Waals surface area (Å²) in [5, 5.41) is 21.7. The molecule has 0 aromatic carbocycles. The molecule has 0 saturated carbocycles. The fourth-order valence-corrected chi connectivity index (χ4v) is 1.01. The van der Waals surface area contributed by atoms with Gasteiger partial charge < -0.3 is 0 Å². The van der Waals surface area contributed by atoms with Gasteiger partial charge in [-0.05, 0) is 24.3 Å². The Labute approximate surface area is 108 Å². The summed E-state index contributed by atoms with van der Waals surface area (Å²) in [4.78, 5) is 4.51. The fraction of sp³-hybridized carbons (Fsp3) is 0. The number of hydrazone groups is 2. The molecular formula is C10H10N8O. The number of hydrogen-bond acceptors (Lipinski definition) is 9. The Bertz CT molecular complexity index is 490. The van der Waals surface area contributed by atoms with E-state index in [4.69, 9.17) is 0 Å². The van der Waals surface area contributed by atoms with Crippen molar-refractivity contribution in [3.05, 3.63) is 48.9 Å². The first-order chi connectivity index (χ1) is 9.45. The van der Waals surface area contributed by atoms with Gasteiger partial charge in [0.15, 0.2) is 11.7 Å². The van der Waals surface area contributed by atoms with Gasteiger partial charge in [-0.2, -0.15) is 10.2 Å². The van der Waals surface area contributed by atoms with Crippen LogP contribution in [0.4, 0.5) is 0 Å². The van der Waals surface area contributed by atoms with Gasteiger partial charge in [0.25, 0.3) is 0 Å². The van der Waals surface area contributed by atoms with Gasteiger partial charge in [-0.3, -0.25) is 10.9 Å². The molecule has 19 heavy (non-hydrogen) atoms. The van der Waals surface area contributed by atoms with Gasteiger partial charge >= 0.3 is 0 Å². The first-order valence-electron chi connectivity index (χ1n) is 5.26. The van der Waals surface area contributed by atoms with Crippen molar-refractivity contribution in [1.82, 2.24) is 10.9 Å². The van der Waals surface area contributed by atoms with Crippen LogP contribution >= 0.6 is 0 Å². The van der Waals surface area contributed by atoms with E-state index < -0.39 is 0 Å². The predicted octanol–water partition coefficient (Wildman–Crippen LogP) is 1.71. The van der Waals surface area contributed by atoms with Gasteiger partial charge in [0.1, 0.15) is 0 Å². The van der Waals surface area contributed by atoms with E-state index in [0.29, 0.717) is 11.7 Å². The molecule has 9 heteroatoms. The third-order valence-electron chi connectivity index (χ3n) is 1.77. The Kier molecular flexibility index (Phi) is 4.73. The van der Waals surface area contributed by atoms with E-state index in [1.54, 1.807) is 48.9 Å². The zero-order valence-electron chi connectivity index (χ0n) is 9.71. The summed E-state index contributed by atoms with van der Waals surface area (Å²) < 4.78 is 0. The van der Waals surface area contributed by atoms with Crippen LogP contribution in [0, 0.1) is 0 Å². The third kappa shape index (κ3) is 4.73. The second kappa shape index (κ2) is 7.27. The van der Waals surface area contributed by atoms with Crippen LogP contribution in [0.1, 0.15) is 0 Å². The van der Waals surface area contributed by atoms with E-state index in [0.717, 1.165) is 0 Å². The highest BCUT2D eigenvalue weighted by atomic mass is 16.8. The summed E-state index contributed by atoms with van der Waals surface area (Å²) in [5.41, 5.74) is 5.27. The maximum absolute atomic E-state index is 4.51. The summed E-state index contributed by atoms with van der Waals surface area (Å²) in [6, 6.07) is 0. The molecule has 0 fully saturated rings. The molecule has 0 radical (unpaired) electrons. The van der Waals surface area contributed by atoms with Crippen molar-refractivity contribution in [3.63, 3.8) is 0 Å². The molecule has 0 aromatic rings. The molecule has 2 N–H and O–H groups in total. The normalized spacial score (nSPS) is 17.7. The van der Waals surface area contributed by atoms with Gasteiger partial charge in [0.05, 0.1) is 10.6 Å². The van der Waals surface area contributed by atoms with Crippen LogP contribution in [0.15, 0.2) is 79.8 Å². The molecule has 0 atom stereocenters. The summed E-state index contributed by atoms with van der Waals surface area (Å²) in [6.07, 6.45) is 13.6. The lowest BCUT2D eigenvalue weighted by Gasteiger charge is -1.89. The van der Waals surface area contributed by atoms with E-state index in [-0.39, 0.29) is 0 Å². The molecule has 2 aliphatic heterocycles. The molecule has 0 amide bonds. The largest absolute Gasteiger partial charge is 0.284 e. The Hall–Kier alpha value is -3.10. The number of rotatable bonds is 2. The van der Waals surface area contributed by atoms with E-state index >= 15 is 0 Å². The highest BCUT2D eigenvalue weighted by molar-refractivity contribution is 5.93. The number of nitrogens with zero attached hydrogens (tertiary/aromatic N) is 6. The smallest absolute Gasteiger partial charge is 0.197 e. The maximum atomic E-state index is 4.51. The first kappa shape index (κ1) is 12.4. The van der Waals surface area contributed by atoms with Crippen LogP contribution < -0.4 is 10.9 Å². The molecule has 2 heterocycles. The van der Waals surface area contributed by atoms with Gasteiger partial charge in [0, 0.05) is 12.4 Å². The fourth-order valence-electron chi connectivity index (χ4n) is 1.01. The number of nitrogens with one attached hydrogen (secondary N) is 2. The minimum Gasteiger partial charge on any atom is -0.284 e. The summed E-state index contributed by atoms with van der Waals surface area (Å²) in [5.74, 6) is 0.690. The number of hydrogen-bond donors (Lipinski definition) is 2. The lowest BCUT2D eigenvalue weighted by molar-refractivity contribution is 0.119. The Morgan fingerprint density at radius 3 is 1.84 bits per heavy atom. The second-order valence-electron chi connectivity index (χ2n) is 3.08. The summed E-state index contributed by atoms with van der Waals surface area (Å²) in [7, 11) is 0. The van der Waals surface area contributed by atoms with Gasteiger partial charge in [-0.25, -0.2) is 4.94 Å². The molecule has 2 aliphatic rings. The Balaban J connectivity index is 1.80. The Morgan fingerprint density at radius 1 is 0.789 bits per heavy atom. The van der Waals surface area contributed by atoms with Gasteiger partial charge in [-0.1, -0.05) is 22.4 Å². The van der Waals surface area contributed by atoms with Crippen LogP contribution in [0.3, 0.4) is 0 Å². The lowest BCUT2D eigenvalue weighted by Crippen LogP contribution is -1.97. The predicted molar refractivity (Wildman–Crippen MR) is 68.5 cm³/mol. The molecule has 96 valence electrons. The molecular weight excluding hydrogens is 248 g/mol. The van der Waals surface area contributed by atoms with Crippen LogP contribution in [0.5, 0.6) is 0 Å². The summed E-state index contributed by atoms with van der Waals surface area (Å²) >= 11 is 0. The van der Waals surface area contributed by atoms with Crippen molar-refractivity contribution in [2.45, 2.75) is 0 Å². The summed E-state index contributed by atoms with van der Waals surface area (Å²) in [6.45, 7) is 0. The minimum absolute atomic E-state index is 0.345. The van der Waals surface area contributed by atoms with Crippen LogP contribution in [-0.4, -0.2) is 11.7 Å². The topological polar surface area (TPSA) is 107 Å². The zero-order valence-corrected chi connectivity index (χ0v) is 9.71. The van der Waals surface area contributed by atoms with Crippen molar-refractivity contribution in [2.24, 2.45) is 31.0 Å². The Morgan fingerprint density at radius 2 is 1.32 bits per heavy atom. The molecule has 0 aromatic heterocycles. The highest BCUT2D eigenvalue weighted by Crippen LogP contribution is 1.94. The average molecular weight is 258 g/mol. The highest BCUT2D eigenvalue weighted by Gasteiger charge is 1.93. The molecule has 0 spiro atoms. The van der Waals surface area contributed by atoms with E-state index in [1.807, 2.05) is 0 Å². The second-order valence-corrected chi connectivity index (χ2v) is 3.08. The lowest BCUT2D eigenvalue weighted by atomic mass is 10.5. The molecule has 0 bridgehead atoms. The van der Waals surface area contributed by atoms with Crippen molar-refractivity contribution in [2.75, 3.05) is 0 Å². The number of allylic oxidation sites excluding steroid dienone is 4. The van der Waals surface area contributed by atoms with E-state index in [1.165, 1.54) is 0 Å². The SMILES string of the molecule is C1=CNN=C(N=NON=NC2=NNC=CC=C2)C=C1. The van der Waals surface area contributed by atoms with Gasteiger partial charge in [-0.15, -0.1) is 0 Å². The molecule has 9 nitrogen and oxygen atoms in total. The first-order valence-corrected chi connectivity index (χ1v) is 5.26. The molecule has 2 rings (SSSR count). The minimum atomic E-state index is 0.345. The third-order valence-corrected chi connectivity index (χ3v) is 1.77. The molecule has 0 aliphatic carbocycles. The quantitative estimate of drug-likeness (QED) is 0.581. The van der Waals surface area contributed by atoms with Crippen molar-refractivity contribution in [3.8, 4) is 0 Å².